The molecule has 0 radical (unpaired) electrons. The fourth-order valence-corrected chi connectivity index (χ4v) is 4.41. The molecule has 0 saturated heterocycles. The van der Waals surface area contributed by atoms with Gasteiger partial charge in [-0.25, -0.2) is 4.68 Å². The van der Waals surface area contributed by atoms with E-state index in [4.69, 9.17) is 5.10 Å². The number of amides is 1. The molecule has 38 heavy (non-hydrogen) atoms. The molecule has 5 aromatic rings. The molecule has 0 unspecified atom stereocenters. The summed E-state index contributed by atoms with van der Waals surface area (Å²) in [5.41, 5.74) is 5.50. The van der Waals surface area contributed by atoms with Crippen molar-refractivity contribution in [1.82, 2.24) is 15.1 Å². The Balaban J connectivity index is 1.53. The Morgan fingerprint density at radius 3 is 2.24 bits per heavy atom. The van der Waals surface area contributed by atoms with Gasteiger partial charge >= 0.3 is 0 Å². The summed E-state index contributed by atoms with van der Waals surface area (Å²) in [6.45, 7) is 1.98. The predicted molar refractivity (Wildman–Crippen MR) is 147 cm³/mol. The minimum atomic E-state index is -0.440. The van der Waals surface area contributed by atoms with E-state index in [0.717, 1.165) is 22.4 Å². The van der Waals surface area contributed by atoms with Crippen molar-refractivity contribution in [2.24, 2.45) is 0 Å². The van der Waals surface area contributed by atoms with Crippen LogP contribution in [0.4, 0.5) is 5.69 Å². The predicted octanol–water partition coefficient (Wildman–Crippen LogP) is 6.47. The third-order valence-corrected chi connectivity index (χ3v) is 6.35. The molecule has 1 amide bonds. The second kappa shape index (κ2) is 10.9. The lowest BCUT2D eigenvalue weighted by Gasteiger charge is -2.20. The Hall–Kier alpha value is -5.04. The van der Waals surface area contributed by atoms with Gasteiger partial charge in [-0.05, 0) is 60.4 Å². The molecule has 0 saturated carbocycles. The highest BCUT2D eigenvalue weighted by Crippen LogP contribution is 2.26. The Morgan fingerprint density at radius 2 is 1.58 bits per heavy atom. The molecular weight excluding hydrogens is 476 g/mol. The minimum absolute atomic E-state index is 0.00329. The van der Waals surface area contributed by atoms with Crippen molar-refractivity contribution >= 4 is 11.6 Å². The fourth-order valence-electron chi connectivity index (χ4n) is 4.41. The summed E-state index contributed by atoms with van der Waals surface area (Å²) >= 11 is 0. The van der Waals surface area contributed by atoms with Crippen LogP contribution in [0.5, 0.6) is 0 Å². The van der Waals surface area contributed by atoms with Crippen molar-refractivity contribution in [3.8, 4) is 16.9 Å². The number of carbonyl (C=O) groups excluding carboxylic acids is 1. The molecule has 0 aliphatic rings. The summed E-state index contributed by atoms with van der Waals surface area (Å²) in [7, 11) is 0. The van der Waals surface area contributed by atoms with E-state index >= 15 is 0 Å². The van der Waals surface area contributed by atoms with E-state index < -0.39 is 4.92 Å². The molecule has 1 aromatic heterocycles. The van der Waals surface area contributed by atoms with Gasteiger partial charge in [-0.2, -0.15) is 5.10 Å². The Kier molecular flexibility index (Phi) is 7.08. The second-order valence-corrected chi connectivity index (χ2v) is 9.10. The van der Waals surface area contributed by atoms with Crippen LogP contribution in [0.1, 0.15) is 33.2 Å². The SMILES string of the molecule is Cc1cccc(-n2nc(-c3ccc([N+](=O)[O-])cc3)cc2C(=O)N[C@@H](Cc2ccccc2)c2ccccc2)c1. The summed E-state index contributed by atoms with van der Waals surface area (Å²) < 4.78 is 1.63. The molecule has 4 aromatic carbocycles. The van der Waals surface area contributed by atoms with E-state index in [1.165, 1.54) is 12.1 Å². The van der Waals surface area contributed by atoms with E-state index in [2.05, 4.69) is 5.32 Å². The van der Waals surface area contributed by atoms with E-state index in [0.29, 0.717) is 23.4 Å². The summed E-state index contributed by atoms with van der Waals surface area (Å²) in [5.74, 6) is -0.267. The zero-order chi connectivity index (χ0) is 26.5. The number of aryl methyl sites for hydroxylation is 1. The molecule has 7 nitrogen and oxygen atoms in total. The molecule has 1 heterocycles. The molecule has 1 atom stereocenters. The first-order valence-corrected chi connectivity index (χ1v) is 12.3. The number of nitrogens with zero attached hydrogens (tertiary/aromatic N) is 3. The normalized spacial score (nSPS) is 11.6. The average molecular weight is 503 g/mol. The van der Waals surface area contributed by atoms with E-state index in [-0.39, 0.29) is 17.6 Å². The molecule has 7 heteroatoms. The van der Waals surface area contributed by atoms with Crippen molar-refractivity contribution in [1.29, 1.82) is 0 Å². The van der Waals surface area contributed by atoms with E-state index in [1.54, 1.807) is 22.9 Å². The van der Waals surface area contributed by atoms with Gasteiger partial charge < -0.3 is 5.32 Å². The largest absolute Gasteiger partial charge is 0.344 e. The second-order valence-electron chi connectivity index (χ2n) is 9.10. The van der Waals surface area contributed by atoms with Crippen molar-refractivity contribution < 1.29 is 9.72 Å². The standard InChI is InChI=1S/C31H26N4O3/c1-22-9-8-14-27(19-22)34-30(21-29(33-34)25-15-17-26(18-16-25)35(37)38)31(36)32-28(24-12-6-3-7-13-24)20-23-10-4-2-5-11-23/h2-19,21,28H,20H2,1H3,(H,32,36)/t28-/m0/s1. The maximum atomic E-state index is 13.8. The number of hydrogen-bond acceptors (Lipinski definition) is 4. The number of carbonyl (C=O) groups is 1. The van der Waals surface area contributed by atoms with Crippen molar-refractivity contribution in [3.05, 3.63) is 148 Å². The van der Waals surface area contributed by atoms with Gasteiger partial charge in [0.05, 0.1) is 22.3 Å². The molecule has 0 aliphatic heterocycles. The Morgan fingerprint density at radius 1 is 0.895 bits per heavy atom. The van der Waals surface area contributed by atoms with Crippen molar-refractivity contribution in [2.45, 2.75) is 19.4 Å². The molecule has 1 N–H and O–H groups in total. The quantitative estimate of drug-likeness (QED) is 0.194. The van der Waals surface area contributed by atoms with Crippen LogP contribution in [0, 0.1) is 17.0 Å². The topological polar surface area (TPSA) is 90.1 Å². The fraction of sp³-hybridized carbons (Fsp3) is 0.0968. The number of nitro benzene ring substituents is 1. The lowest BCUT2D eigenvalue weighted by atomic mass is 9.98. The minimum Gasteiger partial charge on any atom is -0.344 e. The van der Waals surface area contributed by atoms with Crippen LogP contribution in [0.2, 0.25) is 0 Å². The number of nitrogens with one attached hydrogen (secondary N) is 1. The van der Waals surface area contributed by atoms with E-state index in [1.807, 2.05) is 91.9 Å². The summed E-state index contributed by atoms with van der Waals surface area (Å²) in [4.78, 5) is 24.5. The van der Waals surface area contributed by atoms with E-state index in [9.17, 15) is 14.9 Å². The van der Waals surface area contributed by atoms with Crippen LogP contribution in [0.3, 0.4) is 0 Å². The van der Waals surface area contributed by atoms with Gasteiger partial charge in [0, 0.05) is 17.7 Å². The molecule has 0 spiro atoms. The van der Waals surface area contributed by atoms with Gasteiger partial charge in [-0.15, -0.1) is 0 Å². The third-order valence-electron chi connectivity index (χ3n) is 6.35. The first-order valence-electron chi connectivity index (χ1n) is 12.3. The van der Waals surface area contributed by atoms with Crippen molar-refractivity contribution in [3.63, 3.8) is 0 Å². The lowest BCUT2D eigenvalue weighted by molar-refractivity contribution is -0.384. The van der Waals surface area contributed by atoms with Gasteiger partial charge in [0.15, 0.2) is 0 Å². The maximum Gasteiger partial charge on any atom is 0.270 e. The van der Waals surface area contributed by atoms with Gasteiger partial charge in [0.2, 0.25) is 0 Å². The van der Waals surface area contributed by atoms with Gasteiger partial charge in [-0.1, -0.05) is 72.8 Å². The first kappa shape index (κ1) is 24.6. The number of rotatable bonds is 8. The smallest absolute Gasteiger partial charge is 0.270 e. The average Bonchev–Trinajstić information content (AvgIpc) is 3.40. The number of hydrogen-bond donors (Lipinski definition) is 1. The molecular formula is C31H26N4O3. The van der Waals surface area contributed by atoms with Crippen LogP contribution >= 0.6 is 0 Å². The highest BCUT2D eigenvalue weighted by Gasteiger charge is 2.22. The van der Waals surface area contributed by atoms with Crippen LogP contribution in [-0.4, -0.2) is 20.6 Å². The highest BCUT2D eigenvalue weighted by atomic mass is 16.6. The first-order chi connectivity index (χ1) is 18.5. The molecule has 0 aliphatic carbocycles. The van der Waals surface area contributed by atoms with Gasteiger partial charge in [0.1, 0.15) is 5.69 Å². The third kappa shape index (κ3) is 5.52. The van der Waals surface area contributed by atoms with Crippen LogP contribution in [0.15, 0.2) is 115 Å². The maximum absolute atomic E-state index is 13.8. The Labute approximate surface area is 220 Å². The van der Waals surface area contributed by atoms with Crippen LogP contribution in [0.25, 0.3) is 16.9 Å². The Bertz CT molecular complexity index is 1560. The molecule has 0 fully saturated rings. The zero-order valence-corrected chi connectivity index (χ0v) is 20.8. The number of aromatic nitrogens is 2. The van der Waals surface area contributed by atoms with Crippen molar-refractivity contribution in [2.75, 3.05) is 0 Å². The summed E-state index contributed by atoms with van der Waals surface area (Å²) in [6.07, 6.45) is 0.629. The van der Waals surface area contributed by atoms with Crippen LogP contribution < -0.4 is 5.32 Å². The number of benzene rings is 4. The summed E-state index contributed by atoms with van der Waals surface area (Å²) in [5, 5.41) is 19.1. The molecule has 0 bridgehead atoms. The lowest BCUT2D eigenvalue weighted by Crippen LogP contribution is -2.31. The zero-order valence-electron chi connectivity index (χ0n) is 20.8. The number of non-ortho nitro benzene ring substituents is 1. The highest BCUT2D eigenvalue weighted by molar-refractivity contribution is 5.94. The van der Waals surface area contributed by atoms with Crippen LogP contribution in [-0.2, 0) is 6.42 Å². The molecule has 188 valence electrons. The molecule has 5 rings (SSSR count). The monoisotopic (exact) mass is 502 g/mol. The number of nitro groups is 1. The van der Waals surface area contributed by atoms with Gasteiger partial charge in [-0.3, -0.25) is 14.9 Å². The van der Waals surface area contributed by atoms with Gasteiger partial charge in [0.25, 0.3) is 11.6 Å². The summed E-state index contributed by atoms with van der Waals surface area (Å²) in [6, 6.07) is 35.3.